The van der Waals surface area contributed by atoms with Gasteiger partial charge in [-0.15, -0.1) is 37.2 Å². The predicted octanol–water partition coefficient (Wildman–Crippen LogP) is 3.17. The Kier molecular flexibility index (Phi) is 9590. The predicted molar refractivity (Wildman–Crippen MR) is 41.9 cm³/mol. The molecule has 0 rings (SSSR count). The summed E-state index contributed by atoms with van der Waals surface area (Å²) in [5.74, 6) is 0. The van der Waals surface area contributed by atoms with Gasteiger partial charge in [0.2, 0.25) is 0 Å². The van der Waals surface area contributed by atoms with Gasteiger partial charge in [-0.3, -0.25) is 0 Å². The van der Waals surface area contributed by atoms with Crippen molar-refractivity contribution in [2.24, 2.45) is 0 Å². The van der Waals surface area contributed by atoms with Gasteiger partial charge in [-0.05, 0) is 0 Å². The number of hydrogen-bond donors (Lipinski definition) is 0. The molecule has 0 aromatic rings. The van der Waals surface area contributed by atoms with E-state index in [1.165, 1.54) is 0 Å². The zero-order chi connectivity index (χ0) is 0. The monoisotopic (exact) mass is 156 g/mol. The minimum atomic E-state index is 0. The first-order chi connectivity index (χ1) is 0. The lowest BCUT2D eigenvalue weighted by Gasteiger charge is -0.148. The normalized spacial score (nSPS) is 0. The Morgan fingerprint density at radius 2 is 0.333 bits per heavy atom. The summed E-state index contributed by atoms with van der Waals surface area (Å²) in [7, 11) is 0. The molecule has 0 saturated heterocycles. The molecule has 0 aliphatic heterocycles. The van der Waals surface area contributed by atoms with Gasteiger partial charge >= 0.3 is 0 Å². The lowest BCUT2D eigenvalue weighted by Crippen LogP contribution is 0.143. The molecule has 0 N–H and O–H groups in total. The number of hydrogen-bond acceptors (Lipinski definition) is 0. The minimum absolute atomic E-state index is 0. The van der Waals surface area contributed by atoms with Gasteiger partial charge in [-0.1, -0.05) is 22.3 Å². The highest BCUT2D eigenvalue weighted by Crippen LogP contribution is 0.692. The highest BCUT2D eigenvalue weighted by Gasteiger charge is -0.0754. The summed E-state index contributed by atoms with van der Waals surface area (Å²) < 4.78 is 0. The minimum Gasteiger partial charge on any atom is -0.147 e. The van der Waals surface area contributed by atoms with Crippen LogP contribution in [-0.2, 0) is 0 Å². The molecular formula is C3H15Cl3. The molecule has 0 heterocycles. The molecule has 0 saturated carbocycles. The van der Waals surface area contributed by atoms with E-state index in [2.05, 4.69) is 0 Å². The Morgan fingerprint density at radius 1 is 0.333 bits per heavy atom. The molecular weight excluding hydrogens is 142 g/mol. The van der Waals surface area contributed by atoms with Crippen molar-refractivity contribution < 1.29 is 0 Å². The van der Waals surface area contributed by atoms with E-state index in [4.69, 9.17) is 0 Å². The van der Waals surface area contributed by atoms with E-state index in [1.807, 2.05) is 0 Å². The third-order valence-electron chi connectivity index (χ3n) is 0. The van der Waals surface area contributed by atoms with Gasteiger partial charge in [0.05, 0.1) is 0 Å². The maximum atomic E-state index is 0. The second-order valence-corrected chi connectivity index (χ2v) is 0. The van der Waals surface area contributed by atoms with Crippen molar-refractivity contribution in [2.45, 2.75) is 22.3 Å². The second kappa shape index (κ2) is 184. The first-order valence-electron chi connectivity index (χ1n) is 0. The van der Waals surface area contributed by atoms with Crippen LogP contribution in [0.1, 0.15) is 22.3 Å². The van der Waals surface area contributed by atoms with Crippen molar-refractivity contribution in [1.82, 2.24) is 0 Å². The Bertz CT molecular complexity index is 6.00. The molecule has 6 heavy (non-hydrogen) atoms. The Labute approximate surface area is 59.9 Å². The van der Waals surface area contributed by atoms with Crippen molar-refractivity contribution in [2.75, 3.05) is 0 Å². The molecule has 3 heteroatoms. The Morgan fingerprint density at radius 3 is 0.333 bits per heavy atom. The van der Waals surface area contributed by atoms with Crippen molar-refractivity contribution in [3.05, 3.63) is 0 Å². The summed E-state index contributed by atoms with van der Waals surface area (Å²) in [4.78, 5) is 0. The highest BCUT2D eigenvalue weighted by molar-refractivity contribution is 5.86. The molecule has 0 aromatic heterocycles. The molecule has 0 aliphatic carbocycles. The van der Waals surface area contributed by atoms with Crippen LogP contribution in [-0.4, -0.2) is 0 Å². The van der Waals surface area contributed by atoms with Crippen molar-refractivity contribution in [3.8, 4) is 0 Å². The van der Waals surface area contributed by atoms with Gasteiger partial charge in [0, 0.05) is 0 Å². The Balaban J connectivity index is 0. The van der Waals surface area contributed by atoms with Gasteiger partial charge in [0.1, 0.15) is 0 Å². The molecule has 0 bridgehead atoms. The smallest absolute Gasteiger partial charge is 0.0776 e. The van der Waals surface area contributed by atoms with Crippen LogP contribution in [0.3, 0.4) is 0 Å². The van der Waals surface area contributed by atoms with Crippen LogP contribution in [0, 0.1) is 0 Å². The topological polar surface area (TPSA) is 0 Å². The van der Waals surface area contributed by atoms with E-state index < -0.39 is 0 Å². The fourth-order valence-electron chi connectivity index (χ4n) is 0. The summed E-state index contributed by atoms with van der Waals surface area (Å²) in [6.07, 6.45) is 0. The van der Waals surface area contributed by atoms with Gasteiger partial charge in [-0.2, -0.15) is 0 Å². The van der Waals surface area contributed by atoms with Crippen molar-refractivity contribution >= 4 is 37.2 Å². The van der Waals surface area contributed by atoms with E-state index in [0.717, 1.165) is 0 Å². The summed E-state index contributed by atoms with van der Waals surface area (Å²) in [6.45, 7) is 0. The standard InChI is InChI=1S/3CH4.3ClH/h3*1H4;3*1H. The molecule has 0 unspecified atom stereocenters. The van der Waals surface area contributed by atoms with Gasteiger partial charge in [-0.25, -0.2) is 0 Å². The SMILES string of the molecule is C.C.C.Cl.Cl.Cl. The zero-order valence-electron chi connectivity index (χ0n) is 1.22. The summed E-state index contributed by atoms with van der Waals surface area (Å²) in [6, 6.07) is 0. The lowest BCUT2D eigenvalue weighted by molar-refractivity contribution is 2.50. The van der Waals surface area contributed by atoms with Gasteiger partial charge < -0.3 is 0 Å². The summed E-state index contributed by atoms with van der Waals surface area (Å²) in [5.41, 5.74) is 0. The molecule has 0 amide bonds. The van der Waals surface area contributed by atoms with Crippen molar-refractivity contribution in [1.29, 1.82) is 0 Å². The first kappa shape index (κ1) is 313. The molecule has 0 fully saturated rings. The van der Waals surface area contributed by atoms with Gasteiger partial charge in [0.15, 0.2) is 0 Å². The fourth-order valence-corrected chi connectivity index (χ4v) is 0. The maximum Gasteiger partial charge on any atom is -0.0776 e. The van der Waals surface area contributed by atoms with Crippen LogP contribution in [0.25, 0.3) is 0 Å². The van der Waals surface area contributed by atoms with Crippen LogP contribution in [0.4, 0.5) is 0 Å². The molecule has 0 spiro atoms. The molecule has 0 aliphatic rings. The molecule has 0 atom stereocenters. The second-order valence-electron chi connectivity index (χ2n) is 0. The van der Waals surface area contributed by atoms with Crippen LogP contribution in [0.5, 0.6) is 0 Å². The lowest BCUT2D eigenvalue weighted by atomic mass is 12.0. The van der Waals surface area contributed by atoms with Crippen LogP contribution < -0.4 is 0 Å². The van der Waals surface area contributed by atoms with E-state index in [-0.39, 0.29) is 59.5 Å². The highest BCUT2D eigenvalue weighted by atomic mass is 35.5. The Hall–Kier alpha value is 0.870. The number of halogens is 3. The van der Waals surface area contributed by atoms with E-state index in [9.17, 15) is 0 Å². The van der Waals surface area contributed by atoms with Gasteiger partial charge in [0.25, 0.3) is 0 Å². The third-order valence-corrected chi connectivity index (χ3v) is 0. The van der Waals surface area contributed by atoms with E-state index >= 15 is 0 Å². The van der Waals surface area contributed by atoms with E-state index in [1.54, 1.807) is 0 Å². The molecule has 0 aromatic carbocycles. The third kappa shape index (κ3) is 96.4. The molecule has 0 nitrogen and oxygen atoms in total. The summed E-state index contributed by atoms with van der Waals surface area (Å²) in [5, 5.41) is 0. The van der Waals surface area contributed by atoms with Crippen molar-refractivity contribution in [3.63, 3.8) is 0 Å². The average Bonchev–Trinajstić information content (AvgIpc) is 0. The molecule has 48 valence electrons. The molecule has 0 radical (unpaired) electrons. The summed E-state index contributed by atoms with van der Waals surface area (Å²) >= 11 is 0. The van der Waals surface area contributed by atoms with E-state index in [0.29, 0.717) is 0 Å². The quantitative estimate of drug-likeness (QED) is 0.507. The zero-order valence-corrected chi connectivity index (χ0v) is 3.67. The average molecular weight is 158 g/mol. The first-order valence-corrected chi connectivity index (χ1v) is 0. The fraction of sp³-hybridized carbons (Fsp3) is 1.00. The largest absolute Gasteiger partial charge is 0.147 e. The van der Waals surface area contributed by atoms with Crippen LogP contribution in [0.2, 0.25) is 0 Å². The maximum absolute atomic E-state index is 0. The van der Waals surface area contributed by atoms with Crippen LogP contribution in [0.15, 0.2) is 0 Å². The number of rotatable bonds is 0. The van der Waals surface area contributed by atoms with Crippen LogP contribution >= 0.6 is 37.2 Å².